The predicted molar refractivity (Wildman–Crippen MR) is 98.6 cm³/mol. The summed E-state index contributed by atoms with van der Waals surface area (Å²) in [4.78, 5) is 25.2. The highest BCUT2D eigenvalue weighted by Gasteiger charge is 2.30. The third-order valence-electron chi connectivity index (χ3n) is 4.38. The number of hydrogen-bond acceptors (Lipinski definition) is 4. The SMILES string of the molecule is CC(Nc1ccc(C(N)=O)cc1)C1CCCN(C(=O)OC(C)(C)C)C1. The van der Waals surface area contributed by atoms with Gasteiger partial charge in [-0.15, -0.1) is 0 Å². The van der Waals surface area contributed by atoms with E-state index in [-0.39, 0.29) is 12.1 Å². The van der Waals surface area contributed by atoms with E-state index in [1.807, 2.05) is 32.9 Å². The first-order valence-electron chi connectivity index (χ1n) is 8.80. The zero-order valence-corrected chi connectivity index (χ0v) is 15.5. The van der Waals surface area contributed by atoms with Crippen LogP contribution in [0.15, 0.2) is 24.3 Å². The Morgan fingerprint density at radius 2 is 1.92 bits per heavy atom. The maximum atomic E-state index is 12.3. The van der Waals surface area contributed by atoms with Crippen LogP contribution in [0.5, 0.6) is 0 Å². The summed E-state index contributed by atoms with van der Waals surface area (Å²) in [6.45, 7) is 9.18. The summed E-state index contributed by atoms with van der Waals surface area (Å²) in [7, 11) is 0. The topological polar surface area (TPSA) is 84.7 Å². The summed E-state index contributed by atoms with van der Waals surface area (Å²) in [6, 6.07) is 7.33. The van der Waals surface area contributed by atoms with Crippen LogP contribution in [0, 0.1) is 5.92 Å². The van der Waals surface area contributed by atoms with Gasteiger partial charge in [0.2, 0.25) is 5.91 Å². The summed E-state index contributed by atoms with van der Waals surface area (Å²) < 4.78 is 5.48. The van der Waals surface area contributed by atoms with E-state index in [0.717, 1.165) is 25.1 Å². The third kappa shape index (κ3) is 5.66. The fraction of sp³-hybridized carbons (Fsp3) is 0.579. The van der Waals surface area contributed by atoms with Crippen molar-refractivity contribution < 1.29 is 14.3 Å². The number of nitrogens with one attached hydrogen (secondary N) is 1. The molecular formula is C19H29N3O3. The number of likely N-dealkylation sites (tertiary alicyclic amines) is 1. The quantitative estimate of drug-likeness (QED) is 0.876. The molecule has 2 amide bonds. The number of amides is 2. The fourth-order valence-electron chi connectivity index (χ4n) is 3.02. The minimum absolute atomic E-state index is 0.199. The standard InChI is InChI=1S/C19H29N3O3/c1-13(21-16-9-7-14(8-10-16)17(20)23)15-6-5-11-22(12-15)18(24)25-19(2,3)4/h7-10,13,15,21H,5-6,11-12H2,1-4H3,(H2,20,23). The van der Waals surface area contributed by atoms with Crippen molar-refractivity contribution in [1.82, 2.24) is 4.90 Å². The lowest BCUT2D eigenvalue weighted by molar-refractivity contribution is 0.0159. The average Bonchev–Trinajstić information content (AvgIpc) is 2.54. The Balaban J connectivity index is 1.93. The Morgan fingerprint density at radius 3 is 2.48 bits per heavy atom. The highest BCUT2D eigenvalue weighted by atomic mass is 16.6. The number of benzene rings is 1. The number of nitrogens with two attached hydrogens (primary N) is 1. The monoisotopic (exact) mass is 347 g/mol. The molecule has 1 fully saturated rings. The fourth-order valence-corrected chi connectivity index (χ4v) is 3.02. The van der Waals surface area contributed by atoms with E-state index in [4.69, 9.17) is 10.5 Å². The van der Waals surface area contributed by atoms with Gasteiger partial charge in [-0.05, 0) is 70.7 Å². The van der Waals surface area contributed by atoms with Crippen molar-refractivity contribution in [2.24, 2.45) is 11.7 Å². The molecular weight excluding hydrogens is 318 g/mol. The maximum Gasteiger partial charge on any atom is 0.410 e. The van der Waals surface area contributed by atoms with Crippen LogP contribution >= 0.6 is 0 Å². The van der Waals surface area contributed by atoms with Gasteiger partial charge < -0.3 is 20.7 Å². The van der Waals surface area contributed by atoms with Gasteiger partial charge in [-0.1, -0.05) is 0 Å². The first-order chi connectivity index (χ1) is 11.7. The molecule has 138 valence electrons. The van der Waals surface area contributed by atoms with Gasteiger partial charge in [0.1, 0.15) is 5.60 Å². The number of primary amides is 1. The van der Waals surface area contributed by atoms with Gasteiger partial charge in [-0.25, -0.2) is 4.79 Å². The van der Waals surface area contributed by atoms with E-state index in [1.54, 1.807) is 17.0 Å². The summed E-state index contributed by atoms with van der Waals surface area (Å²) >= 11 is 0. The Labute approximate surface area is 149 Å². The van der Waals surface area contributed by atoms with Crippen LogP contribution < -0.4 is 11.1 Å². The van der Waals surface area contributed by atoms with E-state index in [0.29, 0.717) is 18.0 Å². The second kappa shape index (κ2) is 7.76. The lowest BCUT2D eigenvalue weighted by Crippen LogP contribution is -2.46. The molecule has 1 aliphatic rings. The molecule has 1 aromatic rings. The van der Waals surface area contributed by atoms with Gasteiger partial charge in [0, 0.05) is 30.4 Å². The Bertz CT molecular complexity index is 607. The normalized spacial score (nSPS) is 19.2. The zero-order valence-electron chi connectivity index (χ0n) is 15.5. The van der Waals surface area contributed by atoms with Gasteiger partial charge in [0.15, 0.2) is 0 Å². The number of rotatable bonds is 4. The van der Waals surface area contributed by atoms with Gasteiger partial charge in [-0.2, -0.15) is 0 Å². The van der Waals surface area contributed by atoms with E-state index in [1.165, 1.54) is 0 Å². The van der Waals surface area contributed by atoms with Gasteiger partial charge in [0.25, 0.3) is 0 Å². The molecule has 25 heavy (non-hydrogen) atoms. The largest absolute Gasteiger partial charge is 0.444 e. The predicted octanol–water partition coefficient (Wildman–Crippen LogP) is 3.23. The van der Waals surface area contributed by atoms with Crippen molar-refractivity contribution in [2.45, 2.75) is 52.2 Å². The molecule has 3 N–H and O–H groups in total. The molecule has 0 spiro atoms. The molecule has 0 saturated carbocycles. The number of carbonyl (C=O) groups is 2. The van der Waals surface area contributed by atoms with Crippen molar-refractivity contribution in [3.8, 4) is 0 Å². The summed E-state index contributed by atoms with van der Waals surface area (Å²) in [5.74, 6) is -0.0861. The Hall–Kier alpha value is -2.24. The summed E-state index contributed by atoms with van der Waals surface area (Å²) in [6.07, 6.45) is 1.79. The van der Waals surface area contributed by atoms with Gasteiger partial charge in [-0.3, -0.25) is 4.79 Å². The lowest BCUT2D eigenvalue weighted by Gasteiger charge is -2.37. The van der Waals surface area contributed by atoms with Crippen molar-refractivity contribution in [2.75, 3.05) is 18.4 Å². The van der Waals surface area contributed by atoms with E-state index >= 15 is 0 Å². The van der Waals surface area contributed by atoms with Gasteiger partial charge >= 0.3 is 6.09 Å². The molecule has 2 unspecified atom stereocenters. The minimum Gasteiger partial charge on any atom is -0.444 e. The maximum absolute atomic E-state index is 12.3. The second-order valence-electron chi connectivity index (χ2n) is 7.70. The number of anilines is 1. The Kier molecular flexibility index (Phi) is 5.93. The van der Waals surface area contributed by atoms with Crippen LogP contribution in [0.1, 0.15) is 50.9 Å². The Morgan fingerprint density at radius 1 is 1.28 bits per heavy atom. The summed E-state index contributed by atoms with van der Waals surface area (Å²) in [5.41, 5.74) is 6.21. The number of ether oxygens (including phenoxy) is 1. The molecule has 0 aromatic heterocycles. The highest BCUT2D eigenvalue weighted by molar-refractivity contribution is 5.93. The van der Waals surface area contributed by atoms with Crippen molar-refractivity contribution in [1.29, 1.82) is 0 Å². The lowest BCUT2D eigenvalue weighted by atomic mass is 9.91. The van der Waals surface area contributed by atoms with Crippen LogP contribution in [-0.2, 0) is 4.74 Å². The molecule has 1 heterocycles. The molecule has 1 aliphatic heterocycles. The number of nitrogens with zero attached hydrogens (tertiary/aromatic N) is 1. The first kappa shape index (κ1) is 19.1. The minimum atomic E-state index is -0.476. The smallest absolute Gasteiger partial charge is 0.410 e. The number of piperidine rings is 1. The molecule has 1 aromatic carbocycles. The molecule has 0 radical (unpaired) electrons. The molecule has 6 nitrogen and oxygen atoms in total. The average molecular weight is 347 g/mol. The van der Waals surface area contributed by atoms with Crippen molar-refractivity contribution in [3.05, 3.63) is 29.8 Å². The zero-order chi connectivity index (χ0) is 18.6. The molecule has 0 aliphatic carbocycles. The molecule has 2 rings (SSSR count). The van der Waals surface area contributed by atoms with E-state index < -0.39 is 11.5 Å². The second-order valence-corrected chi connectivity index (χ2v) is 7.70. The van der Waals surface area contributed by atoms with Crippen LogP contribution in [0.4, 0.5) is 10.5 Å². The first-order valence-corrected chi connectivity index (χ1v) is 8.80. The molecule has 0 bridgehead atoms. The summed E-state index contributed by atoms with van der Waals surface area (Å²) in [5, 5.41) is 3.45. The van der Waals surface area contributed by atoms with Crippen LogP contribution in [0.3, 0.4) is 0 Å². The van der Waals surface area contributed by atoms with Crippen molar-refractivity contribution in [3.63, 3.8) is 0 Å². The van der Waals surface area contributed by atoms with Gasteiger partial charge in [0.05, 0.1) is 0 Å². The molecule has 2 atom stereocenters. The van der Waals surface area contributed by atoms with Crippen LogP contribution in [-0.4, -0.2) is 41.6 Å². The third-order valence-corrected chi connectivity index (χ3v) is 4.38. The van der Waals surface area contributed by atoms with Crippen LogP contribution in [0.2, 0.25) is 0 Å². The van der Waals surface area contributed by atoms with E-state index in [2.05, 4.69) is 12.2 Å². The van der Waals surface area contributed by atoms with E-state index in [9.17, 15) is 9.59 Å². The number of carbonyl (C=O) groups excluding carboxylic acids is 2. The van der Waals surface area contributed by atoms with Crippen LogP contribution in [0.25, 0.3) is 0 Å². The highest BCUT2D eigenvalue weighted by Crippen LogP contribution is 2.24. The molecule has 6 heteroatoms. The van der Waals surface area contributed by atoms with Crippen molar-refractivity contribution >= 4 is 17.7 Å². The molecule has 1 saturated heterocycles. The number of hydrogen-bond donors (Lipinski definition) is 2.